The fourth-order valence-electron chi connectivity index (χ4n) is 2.31. The molecule has 0 aliphatic heterocycles. The molecule has 2 aromatic rings. The van der Waals surface area contributed by atoms with Crippen molar-refractivity contribution in [2.24, 2.45) is 28.3 Å². The highest BCUT2D eigenvalue weighted by Gasteiger charge is 2.01. The normalized spacial score (nSPS) is 10.4. The van der Waals surface area contributed by atoms with Gasteiger partial charge in [0.15, 0.2) is 0 Å². The van der Waals surface area contributed by atoms with Crippen molar-refractivity contribution in [2.45, 2.75) is 39.8 Å². The van der Waals surface area contributed by atoms with E-state index in [1.165, 1.54) is 7.11 Å². The Morgan fingerprint density at radius 2 is 1.16 bits per heavy atom. The van der Waals surface area contributed by atoms with Gasteiger partial charge in [0.25, 0.3) is 0 Å². The lowest BCUT2D eigenvalue weighted by Crippen LogP contribution is -2.15. The highest BCUT2D eigenvalue weighted by atomic mass is 35.5. The number of nitrogens with one attached hydrogen (secondary N) is 1. The Bertz CT molecular complexity index is 862. The van der Waals surface area contributed by atoms with Gasteiger partial charge < -0.3 is 35.4 Å². The topological polar surface area (TPSA) is 186 Å². The largest absolute Gasteiger partial charge is 0.491 e. The van der Waals surface area contributed by atoms with Gasteiger partial charge in [-0.2, -0.15) is 0 Å². The van der Waals surface area contributed by atoms with Crippen molar-refractivity contribution in [3.63, 3.8) is 0 Å². The van der Waals surface area contributed by atoms with Gasteiger partial charge in [-0.1, -0.05) is 13.8 Å². The Morgan fingerprint density at radius 3 is 1.49 bits per heavy atom. The van der Waals surface area contributed by atoms with E-state index in [-0.39, 0.29) is 24.3 Å². The molecule has 0 fully saturated rings. The van der Waals surface area contributed by atoms with Crippen LogP contribution in [0.15, 0.2) is 53.5 Å². The molecule has 37 heavy (non-hydrogen) atoms. The third-order valence-electron chi connectivity index (χ3n) is 3.81. The van der Waals surface area contributed by atoms with Gasteiger partial charge in [-0.15, -0.1) is 12.4 Å². The molecule has 0 spiro atoms. The van der Waals surface area contributed by atoms with Crippen LogP contribution in [0.4, 0.5) is 0 Å². The second-order valence-corrected chi connectivity index (χ2v) is 7.87. The summed E-state index contributed by atoms with van der Waals surface area (Å²) < 4.78 is 15.5. The predicted molar refractivity (Wildman–Crippen MR) is 150 cm³/mol. The fourth-order valence-corrected chi connectivity index (χ4v) is 2.31. The first-order valence-electron chi connectivity index (χ1n) is 11.5. The second-order valence-electron chi connectivity index (χ2n) is 7.87. The number of benzene rings is 2. The molecule has 11 nitrogen and oxygen atoms in total. The zero-order valence-electron chi connectivity index (χ0n) is 22.3. The number of hydrogen-bond donors (Lipinski definition) is 5. The summed E-state index contributed by atoms with van der Waals surface area (Å²) >= 11 is 0. The van der Waals surface area contributed by atoms with Gasteiger partial charge in [0.05, 0.1) is 7.11 Å². The van der Waals surface area contributed by atoms with Crippen LogP contribution in [0.3, 0.4) is 0 Å². The Hall–Kier alpha value is -2.93. The van der Waals surface area contributed by atoms with Gasteiger partial charge in [0, 0.05) is 17.2 Å². The smallest absolute Gasteiger partial charge is 0.212 e. The van der Waals surface area contributed by atoms with Crippen LogP contribution in [0.2, 0.25) is 0 Å². The van der Waals surface area contributed by atoms with E-state index in [2.05, 4.69) is 14.7 Å². The van der Waals surface area contributed by atoms with E-state index in [1.807, 2.05) is 52.0 Å². The van der Waals surface area contributed by atoms with Crippen LogP contribution in [0.5, 0.6) is 11.5 Å². The molecular weight excluding hydrogens is 500 g/mol. The highest BCUT2D eigenvalue weighted by molar-refractivity contribution is 5.97. The van der Waals surface area contributed by atoms with Crippen molar-refractivity contribution in [1.29, 1.82) is 5.41 Å². The number of aliphatic imine (C=N–C) groups is 1. The van der Waals surface area contributed by atoms with Crippen LogP contribution in [-0.2, 0) is 14.4 Å². The number of nitrogens with two attached hydrogens (primary N) is 4. The van der Waals surface area contributed by atoms with Gasteiger partial charge >= 0.3 is 0 Å². The second kappa shape index (κ2) is 22.3. The molecule has 0 aromatic heterocycles. The number of nitrogens with zero attached hydrogens (tertiary/aromatic N) is 1. The van der Waals surface area contributed by atoms with E-state index in [0.717, 1.165) is 11.3 Å². The van der Waals surface area contributed by atoms with E-state index in [0.29, 0.717) is 49.6 Å². The molecule has 0 heterocycles. The maximum atomic E-state index is 7.42. The Kier molecular flexibility index (Phi) is 21.8. The van der Waals surface area contributed by atoms with E-state index >= 15 is 0 Å². The third-order valence-corrected chi connectivity index (χ3v) is 3.81. The van der Waals surface area contributed by atoms with Gasteiger partial charge in [0.1, 0.15) is 43.8 Å². The van der Waals surface area contributed by atoms with Crippen molar-refractivity contribution in [3.8, 4) is 11.5 Å². The monoisotopic (exact) mass is 542 g/mol. The molecule has 0 aliphatic carbocycles. The first-order chi connectivity index (χ1) is 17.1. The maximum absolute atomic E-state index is 7.42. The molecule has 2 aromatic carbocycles. The first kappa shape index (κ1) is 36.2. The van der Waals surface area contributed by atoms with Gasteiger partial charge in [0.2, 0.25) is 5.90 Å². The van der Waals surface area contributed by atoms with Gasteiger partial charge in [-0.25, -0.2) is 11.8 Å². The third kappa shape index (κ3) is 18.9. The van der Waals surface area contributed by atoms with Crippen molar-refractivity contribution < 1.29 is 23.9 Å². The predicted octanol–water partition coefficient (Wildman–Crippen LogP) is 2.77. The fraction of sp³-hybridized carbons (Fsp3) is 0.440. The minimum atomic E-state index is 0. The Balaban J connectivity index is 0. The molecule has 12 heteroatoms. The standard InChI is InChI=1S/C12H19N3O2.C10H14N2O3.C3H9N.ClH/c1-9(2)15-12(13)10-3-5-11(6-4-10)16-7-8-17-14;1-13-10(11)8-2-4-9(5-3-8)14-6-7-15-12;1-3(2)4;/h3-6,9H,7-8,14H2,1-2H3,(H2,13,15);2-5,11H,6-7,12H2,1H3;3H,4H2,1-2H3;1H. The van der Waals surface area contributed by atoms with Crippen LogP contribution in [-0.4, -0.2) is 57.4 Å². The number of ether oxygens (including phenoxy) is 3. The summed E-state index contributed by atoms with van der Waals surface area (Å²) in [7, 11) is 1.46. The van der Waals surface area contributed by atoms with E-state index in [9.17, 15) is 0 Å². The summed E-state index contributed by atoms with van der Waals surface area (Å²) in [5, 5.41) is 7.42. The lowest BCUT2D eigenvalue weighted by Gasteiger charge is -2.07. The average molecular weight is 543 g/mol. The van der Waals surface area contributed by atoms with Crippen LogP contribution in [0.25, 0.3) is 0 Å². The molecular formula is C25H43ClN6O5. The summed E-state index contributed by atoms with van der Waals surface area (Å²) in [4.78, 5) is 13.0. The average Bonchev–Trinajstić information content (AvgIpc) is 2.84. The van der Waals surface area contributed by atoms with Crippen LogP contribution >= 0.6 is 12.4 Å². The van der Waals surface area contributed by atoms with Crippen molar-refractivity contribution in [3.05, 3.63) is 59.7 Å². The van der Waals surface area contributed by atoms with Crippen molar-refractivity contribution in [1.82, 2.24) is 0 Å². The minimum Gasteiger partial charge on any atom is -0.491 e. The van der Waals surface area contributed by atoms with E-state index in [1.54, 1.807) is 24.3 Å². The first-order valence-corrected chi connectivity index (χ1v) is 11.5. The molecule has 0 aliphatic rings. The minimum absolute atomic E-state index is 0. The van der Waals surface area contributed by atoms with Crippen LogP contribution in [0.1, 0.15) is 38.8 Å². The van der Waals surface area contributed by atoms with Gasteiger partial charge in [-0.05, 0) is 68.4 Å². The van der Waals surface area contributed by atoms with Crippen LogP contribution < -0.4 is 32.7 Å². The lowest BCUT2D eigenvalue weighted by atomic mass is 10.2. The molecule has 9 N–H and O–H groups in total. The quantitative estimate of drug-likeness (QED) is 0.123. The number of amidine groups is 1. The van der Waals surface area contributed by atoms with E-state index < -0.39 is 0 Å². The SMILES string of the molecule is CC(C)N.CC(C)N=C(N)c1ccc(OCCON)cc1.COC(=N)c1ccc(OCCON)cc1.Cl. The Labute approximate surface area is 226 Å². The van der Waals surface area contributed by atoms with E-state index in [4.69, 9.17) is 42.9 Å². The molecule has 0 atom stereocenters. The lowest BCUT2D eigenvalue weighted by molar-refractivity contribution is 0.102. The molecule has 0 bridgehead atoms. The summed E-state index contributed by atoms with van der Waals surface area (Å²) in [6.07, 6.45) is 0. The highest BCUT2D eigenvalue weighted by Crippen LogP contribution is 2.13. The van der Waals surface area contributed by atoms with Gasteiger partial charge in [-0.3, -0.25) is 10.4 Å². The summed E-state index contributed by atoms with van der Waals surface area (Å²) in [5.74, 6) is 11.9. The summed E-state index contributed by atoms with van der Waals surface area (Å²) in [6, 6.07) is 15.0. The molecule has 210 valence electrons. The molecule has 0 saturated carbocycles. The number of halogens is 1. The zero-order valence-corrected chi connectivity index (χ0v) is 23.1. The van der Waals surface area contributed by atoms with Crippen molar-refractivity contribution >= 4 is 24.1 Å². The molecule has 2 rings (SSSR count). The maximum Gasteiger partial charge on any atom is 0.212 e. The zero-order chi connectivity index (χ0) is 27.3. The molecule has 0 amide bonds. The van der Waals surface area contributed by atoms with Crippen LogP contribution in [0, 0.1) is 5.41 Å². The Morgan fingerprint density at radius 1 is 0.784 bits per heavy atom. The van der Waals surface area contributed by atoms with Crippen molar-refractivity contribution in [2.75, 3.05) is 33.5 Å². The molecule has 0 saturated heterocycles. The number of hydrogen-bond acceptors (Lipinski definition) is 10. The number of methoxy groups -OCH3 is 1. The summed E-state index contributed by atoms with van der Waals surface area (Å²) in [5.41, 5.74) is 12.5. The molecule has 0 radical (unpaired) electrons. The summed E-state index contributed by atoms with van der Waals surface area (Å²) in [6.45, 7) is 9.38. The number of rotatable bonds is 11. The molecule has 0 unspecified atom stereocenters.